The Kier molecular flexibility index (Phi) is 6.50. The number of methoxy groups -OCH3 is 1. The van der Waals surface area contributed by atoms with Crippen LogP contribution in [-0.2, 0) is 13.0 Å². The highest BCUT2D eigenvalue weighted by Crippen LogP contribution is 2.23. The van der Waals surface area contributed by atoms with Crippen molar-refractivity contribution >= 4 is 17.2 Å². The summed E-state index contributed by atoms with van der Waals surface area (Å²) in [6, 6.07) is 8.20. The topological polar surface area (TPSA) is 45.7 Å². The summed E-state index contributed by atoms with van der Waals surface area (Å²) in [6.07, 6.45) is 0.939. The second-order valence-electron chi connectivity index (χ2n) is 7.54. The summed E-state index contributed by atoms with van der Waals surface area (Å²) in [6.45, 7) is 10.6. The summed E-state index contributed by atoms with van der Waals surface area (Å²) in [5.41, 5.74) is 2.15. The summed E-state index contributed by atoms with van der Waals surface area (Å²) < 4.78 is 5.21. The number of aromatic nitrogens is 1. The number of nitrogens with zero attached hydrogens (tertiary/aromatic N) is 3. The lowest BCUT2D eigenvalue weighted by Gasteiger charge is -2.34. The number of carbonyl (C=O) groups excluding carboxylic acids is 1. The van der Waals surface area contributed by atoms with Crippen LogP contribution in [0.2, 0.25) is 0 Å². The van der Waals surface area contributed by atoms with Crippen LogP contribution in [0.1, 0.15) is 39.8 Å². The van der Waals surface area contributed by atoms with Crippen LogP contribution in [0.4, 0.5) is 0 Å². The number of aryl methyl sites for hydroxylation is 1. The van der Waals surface area contributed by atoms with E-state index in [1.165, 1.54) is 5.56 Å². The van der Waals surface area contributed by atoms with Crippen LogP contribution >= 0.6 is 11.3 Å². The lowest BCUT2D eigenvalue weighted by molar-refractivity contribution is 0.0632. The van der Waals surface area contributed by atoms with Gasteiger partial charge in [0.15, 0.2) is 0 Å². The number of thiazole rings is 1. The summed E-state index contributed by atoms with van der Waals surface area (Å²) in [5, 5.41) is 1.07. The molecular formula is C21H29N3O2S. The zero-order valence-electron chi connectivity index (χ0n) is 16.7. The molecule has 0 atom stereocenters. The molecule has 0 aliphatic carbocycles. The molecular weight excluding hydrogens is 358 g/mol. The standard InChI is InChI=1S/C21H29N3O2S/c1-15(2)13-19-22-16(3)20(27-19)21(25)24-11-9-23(10-12-24)14-17-5-7-18(26-4)8-6-17/h5-8,15H,9-14H2,1-4H3. The second kappa shape index (κ2) is 8.85. The second-order valence-corrected chi connectivity index (χ2v) is 8.62. The van der Waals surface area contributed by atoms with Crippen LogP contribution in [-0.4, -0.2) is 54.0 Å². The molecule has 1 aliphatic rings. The first-order valence-electron chi connectivity index (χ1n) is 9.57. The van der Waals surface area contributed by atoms with Crippen LogP contribution in [0.3, 0.4) is 0 Å². The maximum Gasteiger partial charge on any atom is 0.265 e. The fraction of sp³-hybridized carbons (Fsp3) is 0.524. The number of ether oxygens (including phenoxy) is 1. The van der Waals surface area contributed by atoms with Crippen molar-refractivity contribution in [3.05, 3.63) is 45.4 Å². The molecule has 1 aliphatic heterocycles. The van der Waals surface area contributed by atoms with Gasteiger partial charge < -0.3 is 9.64 Å². The number of amides is 1. The molecule has 0 unspecified atom stereocenters. The van der Waals surface area contributed by atoms with Crippen LogP contribution in [0.5, 0.6) is 5.75 Å². The van der Waals surface area contributed by atoms with Gasteiger partial charge in [-0.1, -0.05) is 26.0 Å². The Morgan fingerprint density at radius 3 is 2.44 bits per heavy atom. The summed E-state index contributed by atoms with van der Waals surface area (Å²) in [5.74, 6) is 1.58. The van der Waals surface area contributed by atoms with Crippen molar-refractivity contribution in [2.45, 2.75) is 33.7 Å². The number of carbonyl (C=O) groups is 1. The first-order valence-corrected chi connectivity index (χ1v) is 10.4. The molecule has 1 aromatic carbocycles. The van der Waals surface area contributed by atoms with E-state index in [0.717, 1.165) is 60.5 Å². The van der Waals surface area contributed by atoms with Gasteiger partial charge in [0.1, 0.15) is 10.6 Å². The first-order chi connectivity index (χ1) is 13.0. The third-order valence-corrected chi connectivity index (χ3v) is 6.01. The average molecular weight is 388 g/mol. The fourth-order valence-corrected chi connectivity index (χ4v) is 4.57. The number of rotatable bonds is 6. The molecule has 2 aromatic rings. The highest BCUT2D eigenvalue weighted by molar-refractivity contribution is 7.13. The minimum atomic E-state index is 0.143. The van der Waals surface area contributed by atoms with Gasteiger partial charge in [0, 0.05) is 39.1 Å². The van der Waals surface area contributed by atoms with E-state index in [-0.39, 0.29) is 5.91 Å². The van der Waals surface area contributed by atoms with Gasteiger partial charge in [-0.05, 0) is 30.5 Å². The normalized spacial score (nSPS) is 15.4. The molecule has 1 aromatic heterocycles. The molecule has 0 bridgehead atoms. The highest BCUT2D eigenvalue weighted by atomic mass is 32.1. The van der Waals surface area contributed by atoms with Crippen molar-refractivity contribution in [2.24, 2.45) is 5.92 Å². The van der Waals surface area contributed by atoms with Crippen molar-refractivity contribution in [3.63, 3.8) is 0 Å². The molecule has 27 heavy (non-hydrogen) atoms. The van der Waals surface area contributed by atoms with Crippen LogP contribution in [0, 0.1) is 12.8 Å². The van der Waals surface area contributed by atoms with E-state index < -0.39 is 0 Å². The lowest BCUT2D eigenvalue weighted by atomic mass is 10.1. The molecule has 3 rings (SSSR count). The Morgan fingerprint density at radius 2 is 1.85 bits per heavy atom. The van der Waals surface area contributed by atoms with E-state index in [1.54, 1.807) is 18.4 Å². The summed E-state index contributed by atoms with van der Waals surface area (Å²) in [7, 11) is 1.68. The van der Waals surface area contributed by atoms with Gasteiger partial charge in [-0.2, -0.15) is 0 Å². The maximum absolute atomic E-state index is 12.9. The van der Waals surface area contributed by atoms with E-state index in [1.807, 2.05) is 24.0 Å². The van der Waals surface area contributed by atoms with Crippen molar-refractivity contribution in [2.75, 3.05) is 33.3 Å². The third-order valence-electron chi connectivity index (χ3n) is 4.84. The van der Waals surface area contributed by atoms with Crippen molar-refractivity contribution in [1.29, 1.82) is 0 Å². The largest absolute Gasteiger partial charge is 0.497 e. The fourth-order valence-electron chi connectivity index (χ4n) is 3.33. The molecule has 5 nitrogen and oxygen atoms in total. The van der Waals surface area contributed by atoms with E-state index in [2.05, 4.69) is 35.9 Å². The molecule has 0 saturated carbocycles. The van der Waals surface area contributed by atoms with Crippen molar-refractivity contribution in [3.8, 4) is 5.75 Å². The molecule has 0 radical (unpaired) electrons. The molecule has 0 N–H and O–H groups in total. The smallest absolute Gasteiger partial charge is 0.265 e. The average Bonchev–Trinajstić information content (AvgIpc) is 3.01. The Balaban J connectivity index is 1.55. The first kappa shape index (κ1) is 19.8. The van der Waals surface area contributed by atoms with Gasteiger partial charge in [0.05, 0.1) is 17.8 Å². The Labute approximate surface area is 166 Å². The van der Waals surface area contributed by atoms with Crippen LogP contribution in [0.25, 0.3) is 0 Å². The lowest BCUT2D eigenvalue weighted by Crippen LogP contribution is -2.48. The van der Waals surface area contributed by atoms with E-state index in [9.17, 15) is 4.79 Å². The molecule has 146 valence electrons. The molecule has 1 amide bonds. The zero-order chi connectivity index (χ0) is 19.4. The molecule has 1 fully saturated rings. The van der Waals surface area contributed by atoms with Crippen molar-refractivity contribution < 1.29 is 9.53 Å². The highest BCUT2D eigenvalue weighted by Gasteiger charge is 2.25. The molecule has 1 saturated heterocycles. The summed E-state index contributed by atoms with van der Waals surface area (Å²) in [4.78, 5) is 22.7. The molecule has 0 spiro atoms. The zero-order valence-corrected chi connectivity index (χ0v) is 17.5. The van der Waals surface area contributed by atoms with E-state index in [0.29, 0.717) is 5.92 Å². The maximum atomic E-state index is 12.9. The van der Waals surface area contributed by atoms with Gasteiger partial charge in [-0.25, -0.2) is 4.98 Å². The monoisotopic (exact) mass is 387 g/mol. The van der Waals surface area contributed by atoms with Gasteiger partial charge in [0.2, 0.25) is 0 Å². The molecule has 6 heteroatoms. The minimum absolute atomic E-state index is 0.143. The van der Waals surface area contributed by atoms with E-state index in [4.69, 9.17) is 4.74 Å². The van der Waals surface area contributed by atoms with Gasteiger partial charge >= 0.3 is 0 Å². The van der Waals surface area contributed by atoms with Crippen molar-refractivity contribution in [1.82, 2.24) is 14.8 Å². The van der Waals surface area contributed by atoms with Crippen LogP contribution < -0.4 is 4.74 Å². The third kappa shape index (κ3) is 5.08. The minimum Gasteiger partial charge on any atom is -0.497 e. The number of piperazine rings is 1. The predicted molar refractivity (Wildman–Crippen MR) is 110 cm³/mol. The Bertz CT molecular complexity index is 762. The predicted octanol–water partition coefficient (Wildman–Crippen LogP) is 3.62. The van der Waals surface area contributed by atoms with Gasteiger partial charge in [0.25, 0.3) is 5.91 Å². The SMILES string of the molecule is COc1ccc(CN2CCN(C(=O)c3sc(CC(C)C)nc3C)CC2)cc1. The Hall–Kier alpha value is -1.92. The number of benzene rings is 1. The summed E-state index contributed by atoms with van der Waals surface area (Å²) >= 11 is 1.57. The number of hydrogen-bond acceptors (Lipinski definition) is 5. The van der Waals surface area contributed by atoms with E-state index >= 15 is 0 Å². The van der Waals surface area contributed by atoms with Crippen LogP contribution in [0.15, 0.2) is 24.3 Å². The van der Waals surface area contributed by atoms with Gasteiger partial charge in [-0.3, -0.25) is 9.69 Å². The molecule has 2 heterocycles. The van der Waals surface area contributed by atoms with Gasteiger partial charge in [-0.15, -0.1) is 11.3 Å². The number of hydrogen-bond donors (Lipinski definition) is 0. The Morgan fingerprint density at radius 1 is 1.19 bits per heavy atom. The quantitative estimate of drug-likeness (QED) is 0.759.